The molecular formula is C25H35BrN2O2. The van der Waals surface area contributed by atoms with Crippen molar-refractivity contribution in [1.82, 2.24) is 9.80 Å². The zero-order valence-corrected chi connectivity index (χ0v) is 19.9. The van der Waals surface area contributed by atoms with Gasteiger partial charge in [0.15, 0.2) is 0 Å². The summed E-state index contributed by atoms with van der Waals surface area (Å²) in [5.74, 6) is 1.83. The fourth-order valence-corrected chi connectivity index (χ4v) is 4.05. The van der Waals surface area contributed by atoms with E-state index in [-0.39, 0.29) is 6.10 Å². The van der Waals surface area contributed by atoms with E-state index >= 15 is 0 Å². The van der Waals surface area contributed by atoms with Crippen LogP contribution in [0.25, 0.3) is 0 Å². The summed E-state index contributed by atoms with van der Waals surface area (Å²) in [6.07, 6.45) is 6.11. The Morgan fingerprint density at radius 1 is 0.933 bits per heavy atom. The molecule has 0 N–H and O–H groups in total. The summed E-state index contributed by atoms with van der Waals surface area (Å²) in [7, 11) is 4.19. The number of hydrogen-bond donors (Lipinski definition) is 0. The van der Waals surface area contributed by atoms with Crippen LogP contribution in [0.3, 0.4) is 0 Å². The first-order valence-electron chi connectivity index (χ1n) is 11.1. The number of likely N-dealkylation sites (tertiary alicyclic amines) is 1. The zero-order chi connectivity index (χ0) is 21.2. The Kier molecular flexibility index (Phi) is 9.50. The lowest BCUT2D eigenvalue weighted by atomic mass is 10.1. The van der Waals surface area contributed by atoms with Gasteiger partial charge in [0, 0.05) is 24.0 Å². The molecule has 4 nitrogen and oxygen atoms in total. The number of hydrogen-bond acceptors (Lipinski definition) is 4. The molecule has 0 spiro atoms. The van der Waals surface area contributed by atoms with Crippen LogP contribution in [0.4, 0.5) is 0 Å². The molecule has 1 fully saturated rings. The lowest BCUT2D eigenvalue weighted by Crippen LogP contribution is -2.31. The molecule has 0 radical (unpaired) electrons. The van der Waals surface area contributed by atoms with Crippen molar-refractivity contribution in [2.24, 2.45) is 0 Å². The van der Waals surface area contributed by atoms with E-state index in [0.717, 1.165) is 48.5 Å². The van der Waals surface area contributed by atoms with Crippen molar-refractivity contribution >= 4 is 15.9 Å². The molecule has 0 saturated carbocycles. The van der Waals surface area contributed by atoms with Crippen molar-refractivity contribution in [3.63, 3.8) is 0 Å². The molecule has 1 saturated heterocycles. The van der Waals surface area contributed by atoms with E-state index in [2.05, 4.69) is 64.1 Å². The summed E-state index contributed by atoms with van der Waals surface area (Å²) in [6, 6.07) is 16.5. The average Bonchev–Trinajstić information content (AvgIpc) is 2.77. The predicted molar refractivity (Wildman–Crippen MR) is 128 cm³/mol. The fraction of sp³-hybridized carbons (Fsp3) is 0.520. The van der Waals surface area contributed by atoms with Crippen LogP contribution in [0.15, 0.2) is 53.0 Å². The number of piperidine rings is 1. The number of rotatable bonds is 11. The third kappa shape index (κ3) is 7.93. The van der Waals surface area contributed by atoms with Crippen molar-refractivity contribution < 1.29 is 9.47 Å². The molecule has 30 heavy (non-hydrogen) atoms. The van der Waals surface area contributed by atoms with Crippen LogP contribution in [-0.4, -0.2) is 56.7 Å². The lowest BCUT2D eigenvalue weighted by Gasteiger charge is -2.26. The van der Waals surface area contributed by atoms with Crippen LogP contribution in [0, 0.1) is 0 Å². The lowest BCUT2D eigenvalue weighted by molar-refractivity contribution is 0.179. The minimum absolute atomic E-state index is 0.0155. The minimum atomic E-state index is 0.0155. The smallest absolute Gasteiger partial charge is 0.125 e. The van der Waals surface area contributed by atoms with Crippen LogP contribution in [0.5, 0.6) is 11.5 Å². The molecule has 2 aromatic rings. The highest BCUT2D eigenvalue weighted by molar-refractivity contribution is 9.10. The van der Waals surface area contributed by atoms with Gasteiger partial charge in [-0.2, -0.15) is 0 Å². The Morgan fingerprint density at radius 3 is 2.27 bits per heavy atom. The molecule has 1 heterocycles. The van der Waals surface area contributed by atoms with E-state index in [1.54, 1.807) is 0 Å². The normalized spacial score (nSPS) is 15.9. The molecule has 0 amide bonds. The first-order chi connectivity index (χ1) is 14.6. The standard InChI is InChI=1S/C25H35BrN2O2/c1-27(2)19-15-25(30-24-13-9-22(26)10-14-24)21-7-11-23(12-8-21)29-20-6-18-28-16-4-3-5-17-28/h7-14,25H,3-6,15-20H2,1-2H3. The van der Waals surface area contributed by atoms with Crippen molar-refractivity contribution in [3.05, 3.63) is 58.6 Å². The van der Waals surface area contributed by atoms with Gasteiger partial charge in [-0.05, 0) is 88.4 Å². The first kappa shape index (κ1) is 23.1. The molecule has 1 unspecified atom stereocenters. The van der Waals surface area contributed by atoms with Crippen molar-refractivity contribution in [2.75, 3.05) is 46.9 Å². The number of nitrogens with zero attached hydrogens (tertiary/aromatic N) is 2. The second-order valence-electron chi connectivity index (χ2n) is 8.33. The maximum Gasteiger partial charge on any atom is 0.125 e. The molecule has 0 bridgehead atoms. The number of halogens is 1. The zero-order valence-electron chi connectivity index (χ0n) is 18.4. The van der Waals surface area contributed by atoms with Gasteiger partial charge < -0.3 is 19.3 Å². The summed E-state index contributed by atoms with van der Waals surface area (Å²) in [4.78, 5) is 4.75. The van der Waals surface area contributed by atoms with Gasteiger partial charge in [-0.3, -0.25) is 0 Å². The van der Waals surface area contributed by atoms with Gasteiger partial charge in [-0.25, -0.2) is 0 Å². The highest BCUT2D eigenvalue weighted by Gasteiger charge is 2.15. The quantitative estimate of drug-likeness (QED) is 0.385. The van der Waals surface area contributed by atoms with Crippen molar-refractivity contribution in [1.29, 1.82) is 0 Å². The van der Waals surface area contributed by atoms with Crippen LogP contribution in [0.2, 0.25) is 0 Å². The van der Waals surface area contributed by atoms with E-state index < -0.39 is 0 Å². The highest BCUT2D eigenvalue weighted by Crippen LogP contribution is 2.27. The molecule has 1 atom stereocenters. The fourth-order valence-electron chi connectivity index (χ4n) is 3.79. The predicted octanol–water partition coefficient (Wildman–Crippen LogP) is 5.78. The Morgan fingerprint density at radius 2 is 1.60 bits per heavy atom. The maximum absolute atomic E-state index is 6.32. The molecule has 5 heteroatoms. The Balaban J connectivity index is 1.52. The van der Waals surface area contributed by atoms with Gasteiger partial charge in [-0.15, -0.1) is 0 Å². The molecule has 0 aliphatic carbocycles. The van der Waals surface area contributed by atoms with Gasteiger partial charge in [0.1, 0.15) is 17.6 Å². The highest BCUT2D eigenvalue weighted by atomic mass is 79.9. The Bertz CT molecular complexity index is 728. The monoisotopic (exact) mass is 474 g/mol. The van der Waals surface area contributed by atoms with Gasteiger partial charge in [0.2, 0.25) is 0 Å². The van der Waals surface area contributed by atoms with Gasteiger partial charge in [0.05, 0.1) is 6.61 Å². The second-order valence-corrected chi connectivity index (χ2v) is 9.24. The van der Waals surface area contributed by atoms with E-state index in [1.165, 1.54) is 37.9 Å². The minimum Gasteiger partial charge on any atom is -0.494 e. The van der Waals surface area contributed by atoms with Gasteiger partial charge in [0.25, 0.3) is 0 Å². The molecule has 1 aliphatic rings. The number of ether oxygens (including phenoxy) is 2. The average molecular weight is 475 g/mol. The third-order valence-electron chi connectivity index (χ3n) is 5.52. The SMILES string of the molecule is CN(C)CCC(Oc1ccc(Br)cc1)c1ccc(OCCCN2CCCCC2)cc1. The molecule has 1 aliphatic heterocycles. The molecular weight excluding hydrogens is 440 g/mol. The van der Waals surface area contributed by atoms with E-state index in [0.29, 0.717) is 0 Å². The van der Waals surface area contributed by atoms with E-state index in [9.17, 15) is 0 Å². The van der Waals surface area contributed by atoms with Gasteiger partial charge >= 0.3 is 0 Å². The Hall–Kier alpha value is -1.56. The van der Waals surface area contributed by atoms with Gasteiger partial charge in [-0.1, -0.05) is 34.5 Å². The van der Waals surface area contributed by atoms with Crippen LogP contribution >= 0.6 is 15.9 Å². The van der Waals surface area contributed by atoms with Crippen molar-refractivity contribution in [2.45, 2.75) is 38.2 Å². The number of benzene rings is 2. The topological polar surface area (TPSA) is 24.9 Å². The molecule has 3 rings (SSSR count). The summed E-state index contributed by atoms with van der Waals surface area (Å²) in [5.41, 5.74) is 1.18. The summed E-state index contributed by atoms with van der Waals surface area (Å²) in [6.45, 7) is 5.39. The van der Waals surface area contributed by atoms with Crippen molar-refractivity contribution in [3.8, 4) is 11.5 Å². The Labute approximate surface area is 190 Å². The van der Waals surface area contributed by atoms with Crippen LogP contribution in [0.1, 0.15) is 43.8 Å². The van der Waals surface area contributed by atoms with E-state index in [1.807, 2.05) is 24.3 Å². The van der Waals surface area contributed by atoms with E-state index in [4.69, 9.17) is 9.47 Å². The second kappa shape index (κ2) is 12.3. The van der Waals surface area contributed by atoms with Crippen LogP contribution in [-0.2, 0) is 0 Å². The summed E-state index contributed by atoms with van der Waals surface area (Å²) < 4.78 is 13.4. The summed E-state index contributed by atoms with van der Waals surface area (Å²) in [5, 5.41) is 0. The molecule has 0 aromatic heterocycles. The maximum atomic E-state index is 6.32. The summed E-state index contributed by atoms with van der Waals surface area (Å²) >= 11 is 3.48. The first-order valence-corrected chi connectivity index (χ1v) is 11.9. The third-order valence-corrected chi connectivity index (χ3v) is 6.05. The molecule has 164 valence electrons. The van der Waals surface area contributed by atoms with Crippen LogP contribution < -0.4 is 9.47 Å². The largest absolute Gasteiger partial charge is 0.494 e. The molecule has 2 aromatic carbocycles.